The van der Waals surface area contributed by atoms with Crippen molar-refractivity contribution in [3.8, 4) is 0 Å². The minimum absolute atomic E-state index is 0.338. The summed E-state index contributed by atoms with van der Waals surface area (Å²) in [4.78, 5) is 0. The van der Waals surface area contributed by atoms with Gasteiger partial charge < -0.3 is 0 Å². The summed E-state index contributed by atoms with van der Waals surface area (Å²) in [5, 5.41) is 7.20. The topological polar surface area (TPSA) is 28.7 Å². The van der Waals surface area contributed by atoms with Crippen molar-refractivity contribution in [3.63, 3.8) is 0 Å². The van der Waals surface area contributed by atoms with Crippen LogP contribution >= 0.6 is 31.9 Å². The molecule has 1 aromatic carbocycles. The van der Waals surface area contributed by atoms with Crippen molar-refractivity contribution in [1.29, 1.82) is 0 Å². The van der Waals surface area contributed by atoms with E-state index in [4.69, 9.17) is 0 Å². The molecule has 2 aromatic rings. The monoisotopic (exact) mass is 292 g/mol. The zero-order valence-corrected chi connectivity index (χ0v) is 8.91. The van der Waals surface area contributed by atoms with Crippen LogP contribution in [0.3, 0.4) is 0 Å². The van der Waals surface area contributed by atoms with Crippen LogP contribution in [0.1, 0.15) is 0 Å². The molecule has 0 amide bonds. The van der Waals surface area contributed by atoms with Gasteiger partial charge in [0.25, 0.3) is 0 Å². The third-order valence-electron chi connectivity index (χ3n) is 1.57. The Hall–Kier alpha value is -0.420. The van der Waals surface area contributed by atoms with Crippen molar-refractivity contribution in [2.45, 2.75) is 0 Å². The van der Waals surface area contributed by atoms with Crippen LogP contribution in [0.4, 0.5) is 4.39 Å². The molecule has 1 aromatic heterocycles. The second-order valence-corrected chi connectivity index (χ2v) is 3.94. The molecule has 0 unspecified atom stereocenters. The fourth-order valence-corrected chi connectivity index (χ4v) is 1.72. The number of hydrogen-bond acceptors (Lipinski definition) is 1. The predicted octanol–water partition coefficient (Wildman–Crippen LogP) is 3.23. The van der Waals surface area contributed by atoms with Crippen molar-refractivity contribution in [2.75, 3.05) is 0 Å². The first-order chi connectivity index (χ1) is 5.70. The van der Waals surface area contributed by atoms with E-state index in [0.717, 1.165) is 5.39 Å². The molecule has 1 N–H and O–H groups in total. The largest absolute Gasteiger partial charge is 0.270 e. The third kappa shape index (κ3) is 1.08. The summed E-state index contributed by atoms with van der Waals surface area (Å²) >= 11 is 6.31. The molecule has 12 heavy (non-hydrogen) atoms. The van der Waals surface area contributed by atoms with Crippen LogP contribution in [0.25, 0.3) is 10.9 Å². The van der Waals surface area contributed by atoms with E-state index in [1.807, 2.05) is 0 Å². The van der Waals surface area contributed by atoms with Gasteiger partial charge >= 0.3 is 0 Å². The van der Waals surface area contributed by atoms with Crippen LogP contribution < -0.4 is 0 Å². The molecule has 2 nitrogen and oxygen atoms in total. The highest BCUT2D eigenvalue weighted by Crippen LogP contribution is 2.27. The first kappa shape index (κ1) is 8.19. The lowest BCUT2D eigenvalue weighted by molar-refractivity contribution is 0.630. The minimum Gasteiger partial charge on any atom is -0.270 e. The number of nitrogens with one attached hydrogen (secondary N) is 1. The smallest absolute Gasteiger partial charge is 0.165 e. The van der Waals surface area contributed by atoms with Gasteiger partial charge in [0.15, 0.2) is 5.82 Å². The Bertz CT molecular complexity index is 438. The summed E-state index contributed by atoms with van der Waals surface area (Å²) in [5.41, 5.74) is 0.344. The summed E-state index contributed by atoms with van der Waals surface area (Å²) in [6, 6.07) is 3.44. The first-order valence-corrected chi connectivity index (χ1v) is 4.76. The van der Waals surface area contributed by atoms with Gasteiger partial charge in [0.1, 0.15) is 10.1 Å². The van der Waals surface area contributed by atoms with Gasteiger partial charge in [-0.1, -0.05) is 0 Å². The van der Waals surface area contributed by atoms with Gasteiger partial charge in [0, 0.05) is 5.39 Å². The summed E-state index contributed by atoms with van der Waals surface area (Å²) in [5.74, 6) is -0.338. The highest BCUT2D eigenvalue weighted by molar-refractivity contribution is 9.10. The number of aromatic nitrogens is 2. The quantitative estimate of drug-likeness (QED) is 0.794. The van der Waals surface area contributed by atoms with Crippen LogP contribution in [0.5, 0.6) is 0 Å². The molecule has 2 rings (SSSR count). The fraction of sp³-hybridized carbons (Fsp3) is 0. The first-order valence-electron chi connectivity index (χ1n) is 3.17. The van der Waals surface area contributed by atoms with Crippen molar-refractivity contribution in [3.05, 3.63) is 27.0 Å². The van der Waals surface area contributed by atoms with E-state index in [1.54, 1.807) is 12.1 Å². The maximum absolute atomic E-state index is 13.3. The molecule has 0 aliphatic rings. The lowest BCUT2D eigenvalue weighted by Gasteiger charge is -1.93. The molecule has 0 spiro atoms. The van der Waals surface area contributed by atoms with Crippen molar-refractivity contribution in [2.24, 2.45) is 0 Å². The SMILES string of the molecule is Fc1c(Br)ccc2c(Br)[nH]nc12. The molecule has 0 radical (unpaired) electrons. The summed E-state index contributed by atoms with van der Waals surface area (Å²) in [6.07, 6.45) is 0. The van der Waals surface area contributed by atoms with E-state index < -0.39 is 0 Å². The molecule has 0 aliphatic heterocycles. The zero-order valence-electron chi connectivity index (χ0n) is 5.74. The Kier molecular flexibility index (Phi) is 1.92. The van der Waals surface area contributed by atoms with Gasteiger partial charge in [-0.2, -0.15) is 5.10 Å². The number of fused-ring (bicyclic) bond motifs is 1. The lowest BCUT2D eigenvalue weighted by Crippen LogP contribution is -1.79. The fourth-order valence-electron chi connectivity index (χ4n) is 0.992. The number of nitrogens with zero attached hydrogens (tertiary/aromatic N) is 1. The molecule has 5 heteroatoms. The summed E-state index contributed by atoms with van der Waals surface area (Å²) < 4.78 is 14.4. The molecule has 0 saturated heterocycles. The molecule has 1 heterocycles. The van der Waals surface area contributed by atoms with E-state index in [9.17, 15) is 4.39 Å². The number of aromatic amines is 1. The van der Waals surface area contributed by atoms with Gasteiger partial charge in [-0.15, -0.1) is 0 Å². The van der Waals surface area contributed by atoms with E-state index in [2.05, 4.69) is 42.1 Å². The summed E-state index contributed by atoms with van der Waals surface area (Å²) in [7, 11) is 0. The van der Waals surface area contributed by atoms with Crippen molar-refractivity contribution in [1.82, 2.24) is 10.2 Å². The average Bonchev–Trinajstić information content (AvgIpc) is 2.41. The van der Waals surface area contributed by atoms with Crippen LogP contribution in [-0.4, -0.2) is 10.2 Å². The zero-order chi connectivity index (χ0) is 8.72. The van der Waals surface area contributed by atoms with Gasteiger partial charge in [0.2, 0.25) is 0 Å². The van der Waals surface area contributed by atoms with Crippen LogP contribution in [0, 0.1) is 5.82 Å². The van der Waals surface area contributed by atoms with Gasteiger partial charge in [0.05, 0.1) is 4.47 Å². The molecule has 0 aliphatic carbocycles. The highest BCUT2D eigenvalue weighted by atomic mass is 79.9. The second-order valence-electron chi connectivity index (χ2n) is 2.30. The molecular formula is C7H3Br2FN2. The van der Waals surface area contributed by atoms with E-state index in [-0.39, 0.29) is 5.82 Å². The number of benzene rings is 1. The Balaban J connectivity index is 2.93. The third-order valence-corrected chi connectivity index (χ3v) is 2.79. The van der Waals surface area contributed by atoms with Gasteiger partial charge in [-0.3, -0.25) is 5.10 Å². The standard InChI is InChI=1S/C7H3Br2FN2/c8-4-2-1-3-6(5(4)10)11-12-7(3)9/h1-2H,(H,11,12). The van der Waals surface area contributed by atoms with Crippen molar-refractivity contribution >= 4 is 42.8 Å². The molecular weight excluding hydrogens is 291 g/mol. The van der Waals surface area contributed by atoms with Gasteiger partial charge in [-0.25, -0.2) is 4.39 Å². The minimum atomic E-state index is -0.338. The molecule has 62 valence electrons. The van der Waals surface area contributed by atoms with Gasteiger partial charge in [-0.05, 0) is 44.0 Å². The molecule has 0 saturated carbocycles. The van der Waals surface area contributed by atoms with E-state index in [0.29, 0.717) is 14.6 Å². The number of hydrogen-bond donors (Lipinski definition) is 1. The lowest BCUT2D eigenvalue weighted by atomic mass is 10.2. The van der Waals surface area contributed by atoms with E-state index in [1.165, 1.54) is 0 Å². The summed E-state index contributed by atoms with van der Waals surface area (Å²) in [6.45, 7) is 0. The molecule has 0 fully saturated rings. The molecule has 0 bridgehead atoms. The maximum atomic E-state index is 13.3. The average molecular weight is 294 g/mol. The van der Waals surface area contributed by atoms with Crippen LogP contribution in [0.15, 0.2) is 21.2 Å². The van der Waals surface area contributed by atoms with Crippen LogP contribution in [0.2, 0.25) is 0 Å². The Morgan fingerprint density at radius 3 is 2.83 bits per heavy atom. The Morgan fingerprint density at radius 1 is 1.33 bits per heavy atom. The van der Waals surface area contributed by atoms with Crippen molar-refractivity contribution < 1.29 is 4.39 Å². The number of halogens is 3. The predicted molar refractivity (Wildman–Crippen MR) is 51.5 cm³/mol. The number of rotatable bonds is 0. The second kappa shape index (κ2) is 2.81. The molecule has 0 atom stereocenters. The maximum Gasteiger partial charge on any atom is 0.165 e. The Morgan fingerprint density at radius 2 is 2.08 bits per heavy atom. The van der Waals surface area contributed by atoms with E-state index >= 15 is 0 Å². The highest BCUT2D eigenvalue weighted by Gasteiger charge is 2.09. The number of H-pyrrole nitrogens is 1. The normalized spacial score (nSPS) is 10.9. The Labute approximate surface area is 84.4 Å². The van der Waals surface area contributed by atoms with Crippen LogP contribution in [-0.2, 0) is 0 Å².